The molecule has 0 atom stereocenters. The molecule has 1 aromatic carbocycles. The highest BCUT2D eigenvalue weighted by molar-refractivity contribution is 5.29. The lowest BCUT2D eigenvalue weighted by molar-refractivity contribution is 0.301. The smallest absolute Gasteiger partial charge is 0.141 e. The summed E-state index contributed by atoms with van der Waals surface area (Å²) in [4.78, 5) is 11.7. The number of rotatable bonds is 5. The Kier molecular flexibility index (Phi) is 3.73. The molecule has 3 aromatic rings. The topological polar surface area (TPSA) is 50.8 Å². The molecular weight excluding hydrogens is 250 g/mol. The Morgan fingerprint density at radius 2 is 1.85 bits per heavy atom. The fourth-order valence-corrected chi connectivity index (χ4v) is 1.98. The minimum atomic E-state index is 0.539. The maximum absolute atomic E-state index is 5.87. The summed E-state index contributed by atoms with van der Waals surface area (Å²) in [5.74, 6) is 1.68. The molecule has 0 spiro atoms. The molecular formula is C16H15N3O. The Bertz CT molecular complexity index is 651. The van der Waals surface area contributed by atoms with Crippen LogP contribution in [-0.2, 0) is 13.0 Å². The van der Waals surface area contributed by atoms with Gasteiger partial charge in [0.25, 0.3) is 0 Å². The van der Waals surface area contributed by atoms with E-state index in [1.807, 2.05) is 48.7 Å². The number of aromatic nitrogens is 3. The van der Waals surface area contributed by atoms with Crippen LogP contribution in [0.15, 0.2) is 61.1 Å². The average molecular weight is 265 g/mol. The van der Waals surface area contributed by atoms with E-state index in [1.54, 1.807) is 12.4 Å². The molecule has 4 heteroatoms. The lowest BCUT2D eigenvalue weighted by Gasteiger charge is -2.09. The Morgan fingerprint density at radius 1 is 0.950 bits per heavy atom. The van der Waals surface area contributed by atoms with E-state index in [9.17, 15) is 0 Å². The molecule has 0 aliphatic rings. The maximum atomic E-state index is 5.87. The van der Waals surface area contributed by atoms with Gasteiger partial charge in [0.1, 0.15) is 18.2 Å². The van der Waals surface area contributed by atoms with Gasteiger partial charge in [-0.15, -0.1) is 0 Å². The molecule has 0 radical (unpaired) electrons. The van der Waals surface area contributed by atoms with Crippen molar-refractivity contribution in [2.24, 2.45) is 0 Å². The number of pyridine rings is 1. The quantitative estimate of drug-likeness (QED) is 0.771. The number of ether oxygens (including phenoxy) is 1. The Labute approximate surface area is 117 Å². The molecule has 0 fully saturated rings. The van der Waals surface area contributed by atoms with E-state index in [-0.39, 0.29) is 0 Å². The van der Waals surface area contributed by atoms with E-state index < -0.39 is 0 Å². The highest BCUT2D eigenvalue weighted by Crippen LogP contribution is 2.19. The van der Waals surface area contributed by atoms with Crippen molar-refractivity contribution in [2.75, 3.05) is 0 Å². The standard InChI is InChI=1S/C16H15N3O/c1-2-5-13(6-3-1)12-20-15-7-4-8-17-14(15)11-16-18-9-10-19-16/h1-10H,11-12H2,(H,18,19). The van der Waals surface area contributed by atoms with Gasteiger partial charge in [0, 0.05) is 18.6 Å². The summed E-state index contributed by atoms with van der Waals surface area (Å²) < 4.78 is 5.87. The summed E-state index contributed by atoms with van der Waals surface area (Å²) in [7, 11) is 0. The van der Waals surface area contributed by atoms with E-state index in [0.29, 0.717) is 13.0 Å². The monoisotopic (exact) mass is 265 g/mol. The van der Waals surface area contributed by atoms with Crippen molar-refractivity contribution in [1.29, 1.82) is 0 Å². The summed E-state index contributed by atoms with van der Waals surface area (Å²) in [5, 5.41) is 0. The molecule has 2 aromatic heterocycles. The van der Waals surface area contributed by atoms with Crippen LogP contribution in [0.25, 0.3) is 0 Å². The second kappa shape index (κ2) is 6.02. The van der Waals surface area contributed by atoms with Crippen LogP contribution >= 0.6 is 0 Å². The summed E-state index contributed by atoms with van der Waals surface area (Å²) in [6, 6.07) is 13.9. The summed E-state index contributed by atoms with van der Waals surface area (Å²) in [6.07, 6.45) is 5.96. The third-order valence-corrected chi connectivity index (χ3v) is 2.98. The number of nitrogens with one attached hydrogen (secondary N) is 1. The van der Waals surface area contributed by atoms with Crippen LogP contribution in [0.5, 0.6) is 5.75 Å². The number of H-pyrrole nitrogens is 1. The molecule has 0 unspecified atom stereocenters. The van der Waals surface area contributed by atoms with Gasteiger partial charge in [-0.2, -0.15) is 0 Å². The number of aromatic amines is 1. The van der Waals surface area contributed by atoms with Gasteiger partial charge in [-0.25, -0.2) is 4.98 Å². The molecule has 0 aliphatic heterocycles. The van der Waals surface area contributed by atoms with Crippen LogP contribution in [-0.4, -0.2) is 15.0 Å². The molecule has 0 aliphatic carbocycles. The van der Waals surface area contributed by atoms with Crippen LogP contribution in [0.1, 0.15) is 17.1 Å². The van der Waals surface area contributed by atoms with Gasteiger partial charge < -0.3 is 9.72 Å². The fraction of sp³-hybridized carbons (Fsp3) is 0.125. The number of hydrogen-bond donors (Lipinski definition) is 1. The van der Waals surface area contributed by atoms with Crippen molar-refractivity contribution in [3.8, 4) is 5.75 Å². The first kappa shape index (κ1) is 12.4. The first-order valence-corrected chi connectivity index (χ1v) is 6.51. The second-order valence-corrected chi connectivity index (χ2v) is 4.44. The van der Waals surface area contributed by atoms with Gasteiger partial charge in [0.2, 0.25) is 0 Å². The zero-order valence-corrected chi connectivity index (χ0v) is 11.0. The van der Waals surface area contributed by atoms with Gasteiger partial charge in [0.15, 0.2) is 0 Å². The lowest BCUT2D eigenvalue weighted by atomic mass is 10.2. The zero-order valence-electron chi connectivity index (χ0n) is 11.0. The average Bonchev–Trinajstić information content (AvgIpc) is 3.00. The van der Waals surface area contributed by atoms with E-state index in [2.05, 4.69) is 15.0 Å². The van der Waals surface area contributed by atoms with Gasteiger partial charge in [-0.05, 0) is 17.7 Å². The molecule has 100 valence electrons. The highest BCUT2D eigenvalue weighted by Gasteiger charge is 2.07. The summed E-state index contributed by atoms with van der Waals surface area (Å²) in [6.45, 7) is 0.539. The molecule has 20 heavy (non-hydrogen) atoms. The normalized spacial score (nSPS) is 10.4. The van der Waals surface area contributed by atoms with Crippen LogP contribution < -0.4 is 4.74 Å². The molecule has 0 bridgehead atoms. The molecule has 3 rings (SSSR count). The SMILES string of the molecule is c1ccc(COc2cccnc2Cc2ncc[nH]2)cc1. The van der Waals surface area contributed by atoms with E-state index in [1.165, 1.54) is 0 Å². The fourth-order valence-electron chi connectivity index (χ4n) is 1.98. The largest absolute Gasteiger partial charge is 0.487 e. The van der Waals surface area contributed by atoms with Crippen molar-refractivity contribution in [1.82, 2.24) is 15.0 Å². The Hall–Kier alpha value is -2.62. The molecule has 4 nitrogen and oxygen atoms in total. The van der Waals surface area contributed by atoms with Crippen LogP contribution in [0.2, 0.25) is 0 Å². The molecule has 2 heterocycles. The summed E-state index contributed by atoms with van der Waals surface area (Å²) in [5.41, 5.74) is 2.03. The van der Waals surface area contributed by atoms with Crippen molar-refractivity contribution >= 4 is 0 Å². The number of benzene rings is 1. The van der Waals surface area contributed by atoms with E-state index in [4.69, 9.17) is 4.74 Å². The molecule has 0 saturated heterocycles. The van der Waals surface area contributed by atoms with Crippen molar-refractivity contribution in [3.05, 3.63) is 78.1 Å². The van der Waals surface area contributed by atoms with E-state index >= 15 is 0 Å². The van der Waals surface area contributed by atoms with Crippen molar-refractivity contribution < 1.29 is 4.74 Å². The van der Waals surface area contributed by atoms with Gasteiger partial charge in [-0.1, -0.05) is 30.3 Å². The molecule has 0 amide bonds. The number of nitrogens with zero attached hydrogens (tertiary/aromatic N) is 2. The Morgan fingerprint density at radius 3 is 2.65 bits per heavy atom. The molecule has 0 saturated carbocycles. The molecule has 1 N–H and O–H groups in total. The second-order valence-electron chi connectivity index (χ2n) is 4.44. The third kappa shape index (κ3) is 3.03. The van der Waals surface area contributed by atoms with Crippen LogP contribution in [0, 0.1) is 0 Å². The Balaban J connectivity index is 1.73. The van der Waals surface area contributed by atoms with Crippen molar-refractivity contribution in [3.63, 3.8) is 0 Å². The first-order chi connectivity index (χ1) is 9.92. The number of imidazole rings is 1. The predicted octanol–water partition coefficient (Wildman–Crippen LogP) is 2.97. The predicted molar refractivity (Wildman–Crippen MR) is 76.4 cm³/mol. The first-order valence-electron chi connectivity index (χ1n) is 6.51. The van der Waals surface area contributed by atoms with Crippen molar-refractivity contribution in [2.45, 2.75) is 13.0 Å². The van der Waals surface area contributed by atoms with Gasteiger partial charge in [0.05, 0.1) is 12.1 Å². The minimum absolute atomic E-state index is 0.539. The highest BCUT2D eigenvalue weighted by atomic mass is 16.5. The minimum Gasteiger partial charge on any atom is -0.487 e. The van der Waals surface area contributed by atoms with Gasteiger partial charge >= 0.3 is 0 Å². The number of hydrogen-bond acceptors (Lipinski definition) is 3. The van der Waals surface area contributed by atoms with Crippen LogP contribution in [0.3, 0.4) is 0 Å². The van der Waals surface area contributed by atoms with Crippen LogP contribution in [0.4, 0.5) is 0 Å². The summed E-state index contributed by atoms with van der Waals surface area (Å²) >= 11 is 0. The zero-order chi connectivity index (χ0) is 13.6. The van der Waals surface area contributed by atoms with Gasteiger partial charge in [-0.3, -0.25) is 4.98 Å². The lowest BCUT2D eigenvalue weighted by Crippen LogP contribution is -2.01. The van der Waals surface area contributed by atoms with E-state index in [0.717, 1.165) is 22.8 Å². The maximum Gasteiger partial charge on any atom is 0.141 e. The third-order valence-electron chi connectivity index (χ3n) is 2.98.